The van der Waals surface area contributed by atoms with E-state index in [0.29, 0.717) is 0 Å². The second-order valence-electron chi connectivity index (χ2n) is 4.68. The van der Waals surface area contributed by atoms with Crippen molar-refractivity contribution in [2.45, 2.75) is 37.8 Å². The van der Waals surface area contributed by atoms with Crippen molar-refractivity contribution in [3.05, 3.63) is 22.4 Å². The van der Waals surface area contributed by atoms with Crippen LogP contribution in [0.25, 0.3) is 0 Å². The predicted molar refractivity (Wildman–Crippen MR) is 73.1 cm³/mol. The summed E-state index contributed by atoms with van der Waals surface area (Å²) >= 11 is 1.46. The minimum Gasteiger partial charge on any atom is -0.481 e. The number of thiophene rings is 1. The van der Waals surface area contributed by atoms with E-state index < -0.39 is 12.0 Å². The lowest BCUT2D eigenvalue weighted by Crippen LogP contribution is -2.47. The highest BCUT2D eigenvalue weighted by molar-refractivity contribution is 7.10. The van der Waals surface area contributed by atoms with Crippen LogP contribution in [-0.4, -0.2) is 29.6 Å². The molecule has 0 radical (unpaired) electrons. The van der Waals surface area contributed by atoms with E-state index in [0.717, 1.165) is 30.7 Å². The number of nitrogens with one attached hydrogen (secondary N) is 2. The lowest BCUT2D eigenvalue weighted by atomic mass is 10.0. The van der Waals surface area contributed by atoms with E-state index in [4.69, 9.17) is 5.11 Å². The molecule has 2 rings (SSSR count). The third kappa shape index (κ3) is 4.04. The van der Waals surface area contributed by atoms with Crippen LogP contribution in [0.4, 0.5) is 0 Å². The zero-order valence-corrected chi connectivity index (χ0v) is 11.4. The van der Waals surface area contributed by atoms with Crippen LogP contribution in [-0.2, 0) is 9.59 Å². The second-order valence-corrected chi connectivity index (χ2v) is 5.66. The Bertz CT molecular complexity index is 427. The molecule has 2 atom stereocenters. The molecule has 0 aliphatic carbocycles. The maximum atomic E-state index is 12.1. The maximum Gasteiger partial charge on any atom is 0.305 e. The molecule has 0 bridgehead atoms. The molecule has 104 valence electrons. The van der Waals surface area contributed by atoms with Gasteiger partial charge in [0, 0.05) is 4.88 Å². The summed E-state index contributed by atoms with van der Waals surface area (Å²) in [5.41, 5.74) is 0. The average molecular weight is 282 g/mol. The number of rotatable bonds is 5. The Morgan fingerprint density at radius 2 is 2.37 bits per heavy atom. The zero-order chi connectivity index (χ0) is 13.7. The molecule has 19 heavy (non-hydrogen) atoms. The zero-order valence-electron chi connectivity index (χ0n) is 10.6. The maximum absolute atomic E-state index is 12.1. The van der Waals surface area contributed by atoms with Gasteiger partial charge in [-0.1, -0.05) is 12.5 Å². The van der Waals surface area contributed by atoms with Gasteiger partial charge in [0.25, 0.3) is 0 Å². The average Bonchev–Trinajstić information content (AvgIpc) is 2.92. The smallest absolute Gasteiger partial charge is 0.305 e. The molecule has 0 saturated carbocycles. The summed E-state index contributed by atoms with van der Waals surface area (Å²) in [7, 11) is 0. The van der Waals surface area contributed by atoms with Crippen LogP contribution in [0.1, 0.15) is 36.6 Å². The Labute approximate surface area is 116 Å². The Kier molecular flexibility index (Phi) is 4.93. The number of hydrogen-bond donors (Lipinski definition) is 3. The van der Waals surface area contributed by atoms with Gasteiger partial charge in [-0.15, -0.1) is 11.3 Å². The van der Waals surface area contributed by atoms with Gasteiger partial charge in [0.1, 0.15) is 0 Å². The molecular weight excluding hydrogens is 264 g/mol. The van der Waals surface area contributed by atoms with E-state index in [2.05, 4.69) is 10.6 Å². The van der Waals surface area contributed by atoms with Crippen molar-refractivity contribution in [2.75, 3.05) is 6.54 Å². The van der Waals surface area contributed by atoms with Crippen molar-refractivity contribution < 1.29 is 14.7 Å². The molecule has 1 amide bonds. The summed E-state index contributed by atoms with van der Waals surface area (Å²) < 4.78 is 0. The first-order chi connectivity index (χ1) is 9.16. The molecule has 5 nitrogen and oxygen atoms in total. The van der Waals surface area contributed by atoms with Crippen molar-refractivity contribution >= 4 is 23.2 Å². The van der Waals surface area contributed by atoms with Crippen LogP contribution in [0, 0.1) is 0 Å². The molecule has 0 aromatic carbocycles. The molecule has 0 spiro atoms. The van der Waals surface area contributed by atoms with Gasteiger partial charge in [0.05, 0.1) is 18.5 Å². The van der Waals surface area contributed by atoms with Gasteiger partial charge in [0.2, 0.25) is 5.91 Å². The summed E-state index contributed by atoms with van der Waals surface area (Å²) in [5.74, 6) is -1.00. The van der Waals surface area contributed by atoms with Gasteiger partial charge in [0.15, 0.2) is 0 Å². The minimum absolute atomic E-state index is 0.0844. The fourth-order valence-electron chi connectivity index (χ4n) is 2.23. The van der Waals surface area contributed by atoms with Crippen molar-refractivity contribution in [1.29, 1.82) is 0 Å². The minimum atomic E-state index is -0.907. The summed E-state index contributed by atoms with van der Waals surface area (Å²) in [6.45, 7) is 0.848. The summed E-state index contributed by atoms with van der Waals surface area (Å²) in [4.78, 5) is 23.9. The van der Waals surface area contributed by atoms with Crippen LogP contribution in [0.3, 0.4) is 0 Å². The van der Waals surface area contributed by atoms with Crippen molar-refractivity contribution in [3.8, 4) is 0 Å². The first-order valence-electron chi connectivity index (χ1n) is 6.46. The summed E-state index contributed by atoms with van der Waals surface area (Å²) in [6.07, 6.45) is 2.86. The van der Waals surface area contributed by atoms with E-state index in [1.807, 2.05) is 17.5 Å². The molecular formula is C13H18N2O3S. The molecule has 1 aliphatic rings. The number of amides is 1. The molecule has 6 heteroatoms. The third-order valence-electron chi connectivity index (χ3n) is 3.21. The van der Waals surface area contributed by atoms with Crippen molar-refractivity contribution in [1.82, 2.24) is 10.6 Å². The summed E-state index contributed by atoms with van der Waals surface area (Å²) in [6, 6.07) is 3.09. The number of carbonyl (C=O) groups excluding carboxylic acids is 1. The van der Waals surface area contributed by atoms with E-state index in [-0.39, 0.29) is 18.4 Å². The number of piperidine rings is 1. The lowest BCUT2D eigenvalue weighted by molar-refractivity contribution is -0.137. The molecule has 1 aromatic heterocycles. The lowest BCUT2D eigenvalue weighted by Gasteiger charge is -2.25. The Hall–Kier alpha value is -1.40. The first-order valence-corrected chi connectivity index (χ1v) is 7.33. The van der Waals surface area contributed by atoms with Crippen LogP contribution in [0.5, 0.6) is 0 Å². The number of carboxylic acids is 1. The SMILES string of the molecule is O=C(O)CC(NC(=O)C1CCCCN1)c1cccs1. The highest BCUT2D eigenvalue weighted by Crippen LogP contribution is 2.22. The van der Waals surface area contributed by atoms with Gasteiger partial charge < -0.3 is 15.7 Å². The van der Waals surface area contributed by atoms with E-state index in [1.54, 1.807) is 0 Å². The Morgan fingerprint density at radius 1 is 1.53 bits per heavy atom. The summed E-state index contributed by atoms with van der Waals surface area (Å²) in [5, 5.41) is 16.8. The van der Waals surface area contributed by atoms with Crippen molar-refractivity contribution in [2.24, 2.45) is 0 Å². The quantitative estimate of drug-likeness (QED) is 0.765. The molecule has 1 aliphatic heterocycles. The monoisotopic (exact) mass is 282 g/mol. The van der Waals surface area contributed by atoms with Crippen LogP contribution < -0.4 is 10.6 Å². The number of carboxylic acid groups (broad SMARTS) is 1. The fraction of sp³-hybridized carbons (Fsp3) is 0.538. The van der Waals surface area contributed by atoms with Crippen LogP contribution in [0.15, 0.2) is 17.5 Å². The number of hydrogen-bond acceptors (Lipinski definition) is 4. The highest BCUT2D eigenvalue weighted by atomic mass is 32.1. The van der Waals surface area contributed by atoms with Gasteiger partial charge in [-0.2, -0.15) is 0 Å². The van der Waals surface area contributed by atoms with Gasteiger partial charge in [-0.3, -0.25) is 9.59 Å². The predicted octanol–water partition coefficient (Wildman–Crippen LogP) is 1.52. The van der Waals surface area contributed by atoms with E-state index in [1.165, 1.54) is 11.3 Å². The third-order valence-corrected chi connectivity index (χ3v) is 4.19. The number of aliphatic carboxylic acids is 1. The van der Waals surface area contributed by atoms with Gasteiger partial charge in [-0.25, -0.2) is 0 Å². The molecule has 1 saturated heterocycles. The Morgan fingerprint density at radius 3 is 2.95 bits per heavy atom. The van der Waals surface area contributed by atoms with Crippen molar-refractivity contribution in [3.63, 3.8) is 0 Å². The largest absolute Gasteiger partial charge is 0.481 e. The second kappa shape index (κ2) is 6.68. The topological polar surface area (TPSA) is 78.4 Å². The van der Waals surface area contributed by atoms with Gasteiger partial charge >= 0.3 is 5.97 Å². The fourth-order valence-corrected chi connectivity index (χ4v) is 3.01. The molecule has 3 N–H and O–H groups in total. The molecule has 1 fully saturated rings. The molecule has 1 aromatic rings. The van der Waals surface area contributed by atoms with Crippen LogP contribution in [0.2, 0.25) is 0 Å². The standard InChI is InChI=1S/C13H18N2O3S/c16-12(17)8-10(11-5-3-7-19-11)15-13(18)9-4-1-2-6-14-9/h3,5,7,9-10,14H,1-2,4,6,8H2,(H,15,18)(H,16,17). The molecule has 2 unspecified atom stereocenters. The number of carbonyl (C=O) groups is 2. The molecule has 2 heterocycles. The van der Waals surface area contributed by atoms with Gasteiger partial charge in [-0.05, 0) is 30.8 Å². The normalized spacial score (nSPS) is 20.7. The Balaban J connectivity index is 1.99. The van der Waals surface area contributed by atoms with E-state index >= 15 is 0 Å². The highest BCUT2D eigenvalue weighted by Gasteiger charge is 2.25. The van der Waals surface area contributed by atoms with Crippen LogP contribution >= 0.6 is 11.3 Å². The first kappa shape index (κ1) is 14.0. The van der Waals surface area contributed by atoms with E-state index in [9.17, 15) is 9.59 Å².